The van der Waals surface area contributed by atoms with E-state index in [2.05, 4.69) is 36.1 Å². The Kier molecular flexibility index (Phi) is 5.60. The summed E-state index contributed by atoms with van der Waals surface area (Å²) in [5.41, 5.74) is 1.03. The van der Waals surface area contributed by atoms with Crippen LogP contribution in [0.15, 0.2) is 11.1 Å². The molecular formula is C12H21N3S. The van der Waals surface area contributed by atoms with E-state index in [1.54, 1.807) is 0 Å². The summed E-state index contributed by atoms with van der Waals surface area (Å²) in [5, 5.41) is 4.23. The van der Waals surface area contributed by atoms with Crippen LogP contribution in [0.3, 0.4) is 0 Å². The van der Waals surface area contributed by atoms with Gasteiger partial charge in [0.15, 0.2) is 0 Å². The average molecular weight is 239 g/mol. The zero-order valence-corrected chi connectivity index (χ0v) is 11.4. The number of thioether (sulfide) groups is 1. The molecule has 1 rings (SSSR count). The molecule has 1 N–H and O–H groups in total. The zero-order chi connectivity index (χ0) is 12.0. The summed E-state index contributed by atoms with van der Waals surface area (Å²) < 4.78 is 0. The van der Waals surface area contributed by atoms with E-state index in [9.17, 15) is 0 Å². The molecule has 4 heteroatoms. The van der Waals surface area contributed by atoms with Crippen molar-refractivity contribution in [2.75, 3.05) is 17.6 Å². The maximum atomic E-state index is 4.46. The van der Waals surface area contributed by atoms with Crippen LogP contribution in [-0.4, -0.2) is 22.3 Å². The Morgan fingerprint density at radius 3 is 2.75 bits per heavy atom. The van der Waals surface area contributed by atoms with Gasteiger partial charge in [-0.2, -0.15) is 0 Å². The number of aromatic nitrogens is 2. The Morgan fingerprint density at radius 1 is 1.38 bits per heavy atom. The minimum atomic E-state index is 0.745. The molecule has 0 aromatic carbocycles. The Hall–Kier alpha value is -0.770. The van der Waals surface area contributed by atoms with Gasteiger partial charge < -0.3 is 5.32 Å². The lowest BCUT2D eigenvalue weighted by Gasteiger charge is -2.07. The van der Waals surface area contributed by atoms with Gasteiger partial charge in [0.2, 0.25) is 5.95 Å². The van der Waals surface area contributed by atoms with Crippen LogP contribution in [0.25, 0.3) is 0 Å². The molecule has 90 valence electrons. The van der Waals surface area contributed by atoms with E-state index in [0.717, 1.165) is 34.9 Å². The van der Waals surface area contributed by atoms with Crippen molar-refractivity contribution < 1.29 is 0 Å². The maximum absolute atomic E-state index is 4.46. The van der Waals surface area contributed by atoms with E-state index in [1.165, 1.54) is 6.42 Å². The summed E-state index contributed by atoms with van der Waals surface area (Å²) in [7, 11) is 0. The summed E-state index contributed by atoms with van der Waals surface area (Å²) in [6.07, 6.45) is 1.23. The SMILES string of the molecule is CCNc1nc(C)cc(SCCC(C)C)n1. The highest BCUT2D eigenvalue weighted by Gasteiger charge is 2.02. The van der Waals surface area contributed by atoms with Gasteiger partial charge in [-0.25, -0.2) is 9.97 Å². The highest BCUT2D eigenvalue weighted by Crippen LogP contribution is 2.20. The van der Waals surface area contributed by atoms with Crippen LogP contribution >= 0.6 is 11.8 Å². The first-order chi connectivity index (χ1) is 7.61. The van der Waals surface area contributed by atoms with Gasteiger partial charge in [-0.1, -0.05) is 13.8 Å². The highest BCUT2D eigenvalue weighted by atomic mass is 32.2. The highest BCUT2D eigenvalue weighted by molar-refractivity contribution is 7.99. The number of nitrogens with one attached hydrogen (secondary N) is 1. The van der Waals surface area contributed by atoms with Crippen molar-refractivity contribution in [1.82, 2.24) is 9.97 Å². The number of hydrogen-bond donors (Lipinski definition) is 1. The molecule has 16 heavy (non-hydrogen) atoms. The molecule has 0 aliphatic carbocycles. The van der Waals surface area contributed by atoms with Crippen LogP contribution in [0.4, 0.5) is 5.95 Å². The topological polar surface area (TPSA) is 37.8 Å². The third-order valence-corrected chi connectivity index (χ3v) is 3.06. The summed E-state index contributed by atoms with van der Waals surface area (Å²) in [4.78, 5) is 8.79. The molecule has 1 aromatic heterocycles. The molecular weight excluding hydrogens is 218 g/mol. The second-order valence-electron chi connectivity index (χ2n) is 4.23. The number of aryl methyl sites for hydroxylation is 1. The smallest absolute Gasteiger partial charge is 0.223 e. The molecule has 0 radical (unpaired) electrons. The van der Waals surface area contributed by atoms with Gasteiger partial charge in [-0.15, -0.1) is 11.8 Å². The summed E-state index contributed by atoms with van der Waals surface area (Å²) in [6, 6.07) is 2.05. The Bertz CT molecular complexity index is 326. The third kappa shape index (κ3) is 4.84. The predicted octanol–water partition coefficient (Wildman–Crippen LogP) is 3.36. The lowest BCUT2D eigenvalue weighted by molar-refractivity contribution is 0.632. The molecule has 0 aliphatic rings. The molecule has 1 heterocycles. The Morgan fingerprint density at radius 2 is 2.12 bits per heavy atom. The Balaban J connectivity index is 2.58. The summed E-state index contributed by atoms with van der Waals surface area (Å²) >= 11 is 1.81. The standard InChI is InChI=1S/C12H21N3S/c1-5-13-12-14-10(4)8-11(15-12)16-7-6-9(2)3/h8-9H,5-7H2,1-4H3,(H,13,14,15). The van der Waals surface area contributed by atoms with E-state index in [4.69, 9.17) is 0 Å². The van der Waals surface area contributed by atoms with Crippen molar-refractivity contribution >= 4 is 17.7 Å². The second-order valence-corrected chi connectivity index (χ2v) is 5.35. The van der Waals surface area contributed by atoms with E-state index < -0.39 is 0 Å². The van der Waals surface area contributed by atoms with Gasteiger partial charge in [0.25, 0.3) is 0 Å². The normalized spacial score (nSPS) is 10.8. The summed E-state index contributed by atoms with van der Waals surface area (Å²) in [6.45, 7) is 9.41. The van der Waals surface area contributed by atoms with Crippen molar-refractivity contribution in [3.63, 3.8) is 0 Å². The fourth-order valence-electron chi connectivity index (χ4n) is 1.25. The van der Waals surface area contributed by atoms with Crippen molar-refractivity contribution in [2.45, 2.75) is 39.1 Å². The average Bonchev–Trinajstić information content (AvgIpc) is 2.16. The zero-order valence-electron chi connectivity index (χ0n) is 10.6. The van der Waals surface area contributed by atoms with Crippen LogP contribution in [0, 0.1) is 12.8 Å². The number of rotatable bonds is 6. The lowest BCUT2D eigenvalue weighted by atomic mass is 10.2. The Labute approximate surface area is 102 Å². The van der Waals surface area contributed by atoms with E-state index >= 15 is 0 Å². The first-order valence-electron chi connectivity index (χ1n) is 5.84. The lowest BCUT2D eigenvalue weighted by Crippen LogP contribution is -2.03. The van der Waals surface area contributed by atoms with Crippen molar-refractivity contribution in [2.24, 2.45) is 5.92 Å². The van der Waals surface area contributed by atoms with Crippen LogP contribution in [0.2, 0.25) is 0 Å². The monoisotopic (exact) mass is 239 g/mol. The van der Waals surface area contributed by atoms with E-state index in [0.29, 0.717) is 0 Å². The van der Waals surface area contributed by atoms with Gasteiger partial charge in [-0.3, -0.25) is 0 Å². The molecule has 0 fully saturated rings. The molecule has 0 saturated carbocycles. The van der Waals surface area contributed by atoms with Gasteiger partial charge in [0.05, 0.1) is 0 Å². The van der Waals surface area contributed by atoms with Gasteiger partial charge in [-0.05, 0) is 38.0 Å². The van der Waals surface area contributed by atoms with Crippen molar-refractivity contribution in [3.8, 4) is 0 Å². The van der Waals surface area contributed by atoms with Crippen LogP contribution in [-0.2, 0) is 0 Å². The molecule has 0 spiro atoms. The van der Waals surface area contributed by atoms with Crippen molar-refractivity contribution in [3.05, 3.63) is 11.8 Å². The fourth-order valence-corrected chi connectivity index (χ4v) is 2.45. The van der Waals surface area contributed by atoms with Crippen LogP contribution < -0.4 is 5.32 Å². The van der Waals surface area contributed by atoms with Gasteiger partial charge >= 0.3 is 0 Å². The number of nitrogens with zero attached hydrogens (tertiary/aromatic N) is 2. The quantitative estimate of drug-likeness (QED) is 0.610. The molecule has 0 bridgehead atoms. The van der Waals surface area contributed by atoms with Crippen molar-refractivity contribution in [1.29, 1.82) is 0 Å². The largest absolute Gasteiger partial charge is 0.354 e. The molecule has 3 nitrogen and oxygen atoms in total. The second kappa shape index (κ2) is 6.74. The first-order valence-corrected chi connectivity index (χ1v) is 6.82. The van der Waals surface area contributed by atoms with E-state index in [-0.39, 0.29) is 0 Å². The summed E-state index contributed by atoms with van der Waals surface area (Å²) in [5.74, 6) is 2.62. The number of anilines is 1. The molecule has 0 atom stereocenters. The maximum Gasteiger partial charge on any atom is 0.223 e. The molecule has 0 unspecified atom stereocenters. The van der Waals surface area contributed by atoms with Crippen LogP contribution in [0.5, 0.6) is 0 Å². The molecule has 0 amide bonds. The minimum absolute atomic E-state index is 0.745. The van der Waals surface area contributed by atoms with Gasteiger partial charge in [0.1, 0.15) is 5.03 Å². The van der Waals surface area contributed by atoms with Gasteiger partial charge in [0, 0.05) is 12.2 Å². The number of hydrogen-bond acceptors (Lipinski definition) is 4. The molecule has 1 aromatic rings. The van der Waals surface area contributed by atoms with E-state index in [1.807, 2.05) is 24.8 Å². The molecule has 0 aliphatic heterocycles. The fraction of sp³-hybridized carbons (Fsp3) is 0.667. The molecule has 0 saturated heterocycles. The van der Waals surface area contributed by atoms with Crippen LogP contribution in [0.1, 0.15) is 32.9 Å². The first kappa shape index (κ1) is 13.3. The minimum Gasteiger partial charge on any atom is -0.354 e. The third-order valence-electron chi connectivity index (χ3n) is 2.11. The predicted molar refractivity (Wildman–Crippen MR) is 71.1 cm³/mol.